The highest BCUT2D eigenvalue weighted by atomic mass is 35.5. The van der Waals surface area contributed by atoms with Crippen LogP contribution in [0.4, 0.5) is 20.8 Å². The molecule has 3 aromatic rings. The number of amidine groups is 1. The number of thiophene rings is 1. The summed E-state index contributed by atoms with van der Waals surface area (Å²) in [6.45, 7) is 5.00. The zero-order valence-electron chi connectivity index (χ0n) is 18.8. The molecule has 2 aromatic carbocycles. The maximum Gasteiger partial charge on any atom is 0.139 e. The minimum atomic E-state index is -0.157. The van der Waals surface area contributed by atoms with Gasteiger partial charge in [0.2, 0.25) is 0 Å². The summed E-state index contributed by atoms with van der Waals surface area (Å²) in [4.78, 5) is 11.3. The fourth-order valence-corrected chi connectivity index (χ4v) is 5.38. The van der Waals surface area contributed by atoms with Crippen LogP contribution >= 0.6 is 36.2 Å². The largest absolute Gasteiger partial charge is 0.353 e. The molecule has 0 spiro atoms. The van der Waals surface area contributed by atoms with Gasteiger partial charge in [0.1, 0.15) is 16.7 Å². The highest BCUT2D eigenvalue weighted by molar-refractivity contribution is 7.16. The third-order valence-electron chi connectivity index (χ3n) is 6.21. The number of nitrogens with one attached hydrogen (secondary N) is 1. The van der Waals surface area contributed by atoms with Gasteiger partial charge < -0.3 is 10.2 Å². The molecule has 1 atom stereocenters. The van der Waals surface area contributed by atoms with Gasteiger partial charge in [-0.15, -0.1) is 36.2 Å². The van der Waals surface area contributed by atoms with E-state index < -0.39 is 0 Å². The Labute approximate surface area is 211 Å². The molecule has 1 aromatic heterocycles. The molecule has 4 nitrogen and oxygen atoms in total. The van der Waals surface area contributed by atoms with Crippen LogP contribution in [-0.4, -0.2) is 48.4 Å². The third kappa shape index (κ3) is 5.52. The zero-order valence-corrected chi connectivity index (χ0v) is 21.2. The Hall–Kier alpha value is -2.12. The van der Waals surface area contributed by atoms with E-state index in [0.29, 0.717) is 6.04 Å². The van der Waals surface area contributed by atoms with Crippen LogP contribution in [0.1, 0.15) is 22.4 Å². The Morgan fingerprint density at radius 3 is 2.73 bits per heavy atom. The molecule has 0 unspecified atom stereocenters. The SMILES string of the molecule is Cc1cc2c(s1)Nc1ccccc1N=C2N1CCN(C)[C@@H](CCc2cccc(F)c2)C1.Cl.Cl. The van der Waals surface area contributed by atoms with E-state index in [1.807, 2.05) is 18.2 Å². The normalized spacial score (nSPS) is 17.5. The molecule has 176 valence electrons. The molecule has 0 aliphatic carbocycles. The maximum atomic E-state index is 13.6. The van der Waals surface area contributed by atoms with Crippen molar-refractivity contribution in [1.29, 1.82) is 0 Å². The topological polar surface area (TPSA) is 30.9 Å². The predicted octanol–water partition coefficient (Wildman–Crippen LogP) is 6.42. The van der Waals surface area contributed by atoms with E-state index in [2.05, 4.69) is 47.3 Å². The molecule has 5 rings (SSSR count). The van der Waals surface area contributed by atoms with E-state index in [1.165, 1.54) is 16.5 Å². The second-order valence-corrected chi connectivity index (χ2v) is 9.68. The van der Waals surface area contributed by atoms with Crippen molar-refractivity contribution in [3.8, 4) is 0 Å². The van der Waals surface area contributed by atoms with E-state index in [1.54, 1.807) is 23.5 Å². The number of hydrogen-bond acceptors (Lipinski definition) is 5. The van der Waals surface area contributed by atoms with Crippen LogP contribution in [0.5, 0.6) is 0 Å². The quantitative estimate of drug-likeness (QED) is 0.444. The number of piperazine rings is 1. The molecular formula is C25H29Cl2FN4S. The van der Waals surface area contributed by atoms with Gasteiger partial charge in [-0.1, -0.05) is 24.3 Å². The van der Waals surface area contributed by atoms with Gasteiger partial charge in [-0.3, -0.25) is 4.90 Å². The number of aliphatic imine (C=N–C) groups is 1. The number of likely N-dealkylation sites (N-methyl/N-ethyl adjacent to an activating group) is 1. The first-order chi connectivity index (χ1) is 15.1. The monoisotopic (exact) mass is 506 g/mol. The lowest BCUT2D eigenvalue weighted by atomic mass is 10.0. The molecule has 1 fully saturated rings. The predicted molar refractivity (Wildman–Crippen MR) is 142 cm³/mol. The van der Waals surface area contributed by atoms with E-state index in [-0.39, 0.29) is 30.6 Å². The lowest BCUT2D eigenvalue weighted by Gasteiger charge is -2.41. The van der Waals surface area contributed by atoms with Crippen LogP contribution in [0, 0.1) is 12.7 Å². The van der Waals surface area contributed by atoms with E-state index >= 15 is 0 Å². The van der Waals surface area contributed by atoms with Gasteiger partial charge in [0.25, 0.3) is 0 Å². The van der Waals surface area contributed by atoms with E-state index in [0.717, 1.165) is 60.3 Å². The number of para-hydroxylation sites is 2. The van der Waals surface area contributed by atoms with Crippen LogP contribution in [0.2, 0.25) is 0 Å². The number of halogens is 3. The molecule has 8 heteroatoms. The van der Waals surface area contributed by atoms with Gasteiger partial charge in [0.15, 0.2) is 0 Å². The number of nitrogens with zero attached hydrogens (tertiary/aromatic N) is 3. The number of rotatable bonds is 3. The number of aryl methyl sites for hydroxylation is 2. The summed E-state index contributed by atoms with van der Waals surface area (Å²) in [7, 11) is 2.19. The van der Waals surface area contributed by atoms with Gasteiger partial charge in [-0.2, -0.15) is 0 Å². The van der Waals surface area contributed by atoms with Crippen molar-refractivity contribution in [2.45, 2.75) is 25.8 Å². The minimum absolute atomic E-state index is 0. The lowest BCUT2D eigenvalue weighted by molar-refractivity contribution is 0.134. The summed E-state index contributed by atoms with van der Waals surface area (Å²) < 4.78 is 13.6. The van der Waals surface area contributed by atoms with Crippen LogP contribution < -0.4 is 5.32 Å². The Morgan fingerprint density at radius 2 is 1.91 bits per heavy atom. The molecular weight excluding hydrogens is 478 g/mol. The van der Waals surface area contributed by atoms with Crippen molar-refractivity contribution in [2.24, 2.45) is 4.99 Å². The van der Waals surface area contributed by atoms with Crippen molar-refractivity contribution >= 4 is 58.4 Å². The zero-order chi connectivity index (χ0) is 21.4. The summed E-state index contributed by atoms with van der Waals surface area (Å²) >= 11 is 1.78. The number of anilines is 2. The van der Waals surface area contributed by atoms with Crippen molar-refractivity contribution in [2.75, 3.05) is 32.0 Å². The first kappa shape index (κ1) is 25.5. The molecule has 2 aliphatic heterocycles. The Balaban J connectivity index is 0.00000153. The second-order valence-electron chi connectivity index (χ2n) is 8.43. The van der Waals surface area contributed by atoms with Crippen LogP contribution in [0.25, 0.3) is 0 Å². The molecule has 0 amide bonds. The summed E-state index contributed by atoms with van der Waals surface area (Å²) in [5, 5.41) is 4.76. The summed E-state index contributed by atoms with van der Waals surface area (Å²) in [5.74, 6) is 0.899. The van der Waals surface area contributed by atoms with Gasteiger partial charge in [-0.25, -0.2) is 9.38 Å². The fraction of sp³-hybridized carbons (Fsp3) is 0.320. The smallest absolute Gasteiger partial charge is 0.139 e. The molecule has 0 radical (unpaired) electrons. The first-order valence-corrected chi connectivity index (χ1v) is 11.6. The second kappa shape index (κ2) is 10.9. The average molecular weight is 508 g/mol. The maximum absolute atomic E-state index is 13.6. The van der Waals surface area contributed by atoms with Gasteiger partial charge in [0.05, 0.1) is 16.9 Å². The molecule has 3 heterocycles. The standard InChI is InChI=1S/C25H27FN4S.2ClH/c1-17-14-21-24(27-22-8-3-4-9-23(22)28-25(21)31-17)30-13-12-29(2)20(16-30)11-10-18-6-5-7-19(26)15-18;;/h3-9,14-15,20,28H,10-13,16H2,1-2H3;2*1H/t20-;;/m0../s1. The minimum Gasteiger partial charge on any atom is -0.353 e. The summed E-state index contributed by atoms with van der Waals surface area (Å²) in [6.07, 6.45) is 1.87. The Morgan fingerprint density at radius 1 is 1.09 bits per heavy atom. The van der Waals surface area contributed by atoms with E-state index in [4.69, 9.17) is 4.99 Å². The first-order valence-electron chi connectivity index (χ1n) is 10.8. The number of benzene rings is 2. The third-order valence-corrected chi connectivity index (χ3v) is 7.17. The number of fused-ring (bicyclic) bond motifs is 2. The molecule has 1 N–H and O–H groups in total. The average Bonchev–Trinajstić information content (AvgIpc) is 3.05. The molecule has 33 heavy (non-hydrogen) atoms. The highest BCUT2D eigenvalue weighted by Gasteiger charge is 2.29. The molecule has 0 saturated carbocycles. The summed E-state index contributed by atoms with van der Waals surface area (Å²) in [6, 6.07) is 17.9. The molecule has 1 saturated heterocycles. The van der Waals surface area contributed by atoms with Crippen LogP contribution in [0.3, 0.4) is 0 Å². The lowest BCUT2D eigenvalue weighted by Crippen LogP contribution is -2.53. The van der Waals surface area contributed by atoms with Gasteiger partial charge >= 0.3 is 0 Å². The van der Waals surface area contributed by atoms with Gasteiger partial charge in [-0.05, 0) is 62.7 Å². The van der Waals surface area contributed by atoms with Crippen molar-refractivity contribution in [3.05, 3.63) is 76.4 Å². The Bertz CT molecular complexity index is 1130. The van der Waals surface area contributed by atoms with Crippen molar-refractivity contribution < 1.29 is 4.39 Å². The highest BCUT2D eigenvalue weighted by Crippen LogP contribution is 2.39. The fourth-order valence-electron chi connectivity index (χ4n) is 4.46. The van der Waals surface area contributed by atoms with E-state index in [9.17, 15) is 4.39 Å². The van der Waals surface area contributed by atoms with Crippen LogP contribution in [-0.2, 0) is 6.42 Å². The van der Waals surface area contributed by atoms with Gasteiger partial charge in [0, 0.05) is 30.6 Å². The number of hydrogen-bond donors (Lipinski definition) is 1. The van der Waals surface area contributed by atoms with Crippen molar-refractivity contribution in [1.82, 2.24) is 9.80 Å². The molecule has 2 aliphatic rings. The van der Waals surface area contributed by atoms with Crippen LogP contribution in [0.15, 0.2) is 59.6 Å². The van der Waals surface area contributed by atoms with Crippen molar-refractivity contribution in [3.63, 3.8) is 0 Å². The summed E-state index contributed by atoms with van der Waals surface area (Å²) in [5.41, 5.74) is 4.28. The Kier molecular flexibility index (Phi) is 8.40. The molecule has 0 bridgehead atoms.